The van der Waals surface area contributed by atoms with Gasteiger partial charge in [-0.05, 0) is 12.1 Å². The second kappa shape index (κ2) is 8.49. The molecule has 118 valence electrons. The van der Waals surface area contributed by atoms with Gasteiger partial charge < -0.3 is 14.7 Å². The summed E-state index contributed by atoms with van der Waals surface area (Å²) in [6, 6.07) is 5.74. The average molecular weight is 302 g/mol. The summed E-state index contributed by atoms with van der Waals surface area (Å²) in [5, 5.41) is 18.7. The molecule has 2 rings (SSSR count). The lowest BCUT2D eigenvalue weighted by molar-refractivity contribution is 0.0252. The first-order valence-electron chi connectivity index (χ1n) is 7.43. The molecular formula is C16H22N4O2. The molecule has 0 amide bonds. The predicted molar refractivity (Wildman–Crippen MR) is 84.6 cm³/mol. The fourth-order valence-corrected chi connectivity index (χ4v) is 2.44. The lowest BCUT2D eigenvalue weighted by Crippen LogP contribution is -2.49. The van der Waals surface area contributed by atoms with Gasteiger partial charge >= 0.3 is 0 Å². The number of pyridine rings is 1. The van der Waals surface area contributed by atoms with Crippen LogP contribution in [0.5, 0.6) is 0 Å². The van der Waals surface area contributed by atoms with Crippen LogP contribution in [0.1, 0.15) is 5.56 Å². The number of ether oxygens (including phenoxy) is 1. The van der Waals surface area contributed by atoms with Crippen LogP contribution < -0.4 is 4.90 Å². The number of hydrogen-bond acceptors (Lipinski definition) is 6. The Labute approximate surface area is 131 Å². The minimum atomic E-state index is -0.473. The zero-order valence-corrected chi connectivity index (χ0v) is 12.7. The van der Waals surface area contributed by atoms with Gasteiger partial charge in [-0.25, -0.2) is 4.98 Å². The van der Waals surface area contributed by atoms with E-state index in [9.17, 15) is 5.11 Å². The number of anilines is 1. The van der Waals surface area contributed by atoms with Gasteiger partial charge in [-0.15, -0.1) is 6.58 Å². The van der Waals surface area contributed by atoms with Gasteiger partial charge in [-0.2, -0.15) is 5.26 Å². The molecule has 1 N–H and O–H groups in total. The summed E-state index contributed by atoms with van der Waals surface area (Å²) >= 11 is 0. The first kappa shape index (κ1) is 16.4. The molecule has 0 aromatic carbocycles. The maximum Gasteiger partial charge on any atom is 0.128 e. The Kier molecular flexibility index (Phi) is 6.34. The molecule has 1 fully saturated rings. The van der Waals surface area contributed by atoms with E-state index in [1.165, 1.54) is 0 Å². The Morgan fingerprint density at radius 3 is 2.77 bits per heavy atom. The first-order chi connectivity index (χ1) is 10.7. The van der Waals surface area contributed by atoms with Crippen molar-refractivity contribution in [3.63, 3.8) is 0 Å². The molecule has 6 nitrogen and oxygen atoms in total. The van der Waals surface area contributed by atoms with E-state index in [0.29, 0.717) is 25.3 Å². The van der Waals surface area contributed by atoms with Gasteiger partial charge in [-0.3, -0.25) is 4.90 Å². The number of aliphatic hydroxyl groups excluding tert-OH is 1. The molecule has 0 aliphatic carbocycles. The lowest BCUT2D eigenvalue weighted by atomic mass is 10.2. The number of piperazine rings is 1. The van der Waals surface area contributed by atoms with Crippen LogP contribution in [0.3, 0.4) is 0 Å². The van der Waals surface area contributed by atoms with Gasteiger partial charge in [0.15, 0.2) is 0 Å². The van der Waals surface area contributed by atoms with Crippen LogP contribution in [0.4, 0.5) is 5.82 Å². The van der Waals surface area contributed by atoms with Crippen molar-refractivity contribution in [2.24, 2.45) is 0 Å². The number of hydrogen-bond donors (Lipinski definition) is 1. The van der Waals surface area contributed by atoms with E-state index in [-0.39, 0.29) is 0 Å². The Morgan fingerprint density at radius 2 is 2.18 bits per heavy atom. The summed E-state index contributed by atoms with van der Waals surface area (Å²) in [6.45, 7) is 8.47. The Hall–Kier alpha value is -1.94. The highest BCUT2D eigenvalue weighted by Crippen LogP contribution is 2.14. The highest BCUT2D eigenvalue weighted by Gasteiger charge is 2.20. The zero-order valence-electron chi connectivity index (χ0n) is 12.7. The number of rotatable bonds is 7. The van der Waals surface area contributed by atoms with E-state index in [0.717, 1.165) is 32.0 Å². The van der Waals surface area contributed by atoms with Crippen molar-refractivity contribution in [1.29, 1.82) is 5.26 Å². The van der Waals surface area contributed by atoms with Crippen molar-refractivity contribution in [2.75, 3.05) is 50.8 Å². The van der Waals surface area contributed by atoms with E-state index >= 15 is 0 Å². The van der Waals surface area contributed by atoms with Gasteiger partial charge in [0.1, 0.15) is 11.9 Å². The van der Waals surface area contributed by atoms with Crippen molar-refractivity contribution in [3.05, 3.63) is 36.5 Å². The minimum absolute atomic E-state index is 0.337. The third kappa shape index (κ3) is 4.81. The second-order valence-electron chi connectivity index (χ2n) is 5.28. The minimum Gasteiger partial charge on any atom is -0.389 e. The fourth-order valence-electron chi connectivity index (χ4n) is 2.44. The van der Waals surface area contributed by atoms with Crippen LogP contribution in [0, 0.1) is 11.3 Å². The summed E-state index contributed by atoms with van der Waals surface area (Å²) in [4.78, 5) is 8.73. The summed E-state index contributed by atoms with van der Waals surface area (Å²) < 4.78 is 5.26. The van der Waals surface area contributed by atoms with Crippen LogP contribution in [-0.4, -0.2) is 67.0 Å². The SMILES string of the molecule is C=CCOCC(O)CN1CCN(c2ccc(C#N)cn2)CC1. The molecule has 0 bridgehead atoms. The summed E-state index contributed by atoms with van der Waals surface area (Å²) in [5.41, 5.74) is 0.574. The molecule has 1 saturated heterocycles. The van der Waals surface area contributed by atoms with Gasteiger partial charge in [0.2, 0.25) is 0 Å². The molecule has 1 aliphatic heterocycles. The quantitative estimate of drug-likeness (QED) is 0.588. The average Bonchev–Trinajstić information content (AvgIpc) is 2.56. The van der Waals surface area contributed by atoms with Crippen molar-refractivity contribution in [2.45, 2.75) is 6.10 Å². The van der Waals surface area contributed by atoms with Crippen molar-refractivity contribution in [3.8, 4) is 6.07 Å². The molecule has 0 saturated carbocycles. The molecule has 1 atom stereocenters. The largest absolute Gasteiger partial charge is 0.389 e. The van der Waals surface area contributed by atoms with Crippen LogP contribution >= 0.6 is 0 Å². The number of nitrogens with zero attached hydrogens (tertiary/aromatic N) is 4. The summed E-state index contributed by atoms with van der Waals surface area (Å²) in [6.07, 6.45) is 2.80. The van der Waals surface area contributed by atoms with Crippen LogP contribution in [0.2, 0.25) is 0 Å². The highest BCUT2D eigenvalue weighted by molar-refractivity contribution is 5.42. The van der Waals surface area contributed by atoms with Gasteiger partial charge in [-0.1, -0.05) is 6.08 Å². The molecule has 0 spiro atoms. The number of β-amino-alcohol motifs (C(OH)–C–C–N with tert-alkyl or cyclic N) is 1. The zero-order chi connectivity index (χ0) is 15.8. The first-order valence-corrected chi connectivity index (χ1v) is 7.43. The normalized spacial score (nSPS) is 17.0. The molecule has 0 radical (unpaired) electrons. The second-order valence-corrected chi connectivity index (χ2v) is 5.28. The summed E-state index contributed by atoms with van der Waals surface area (Å²) in [5.74, 6) is 0.897. The van der Waals surface area contributed by atoms with Gasteiger partial charge in [0, 0.05) is 38.9 Å². The van der Waals surface area contributed by atoms with Crippen LogP contribution in [0.15, 0.2) is 31.0 Å². The molecule has 1 aliphatic rings. The summed E-state index contributed by atoms with van der Waals surface area (Å²) in [7, 11) is 0. The van der Waals surface area contributed by atoms with E-state index in [4.69, 9.17) is 10.00 Å². The Bertz CT molecular complexity index is 504. The fraction of sp³-hybridized carbons (Fsp3) is 0.500. The molecular weight excluding hydrogens is 280 g/mol. The van der Waals surface area contributed by atoms with Crippen molar-refractivity contribution in [1.82, 2.24) is 9.88 Å². The third-order valence-electron chi connectivity index (χ3n) is 3.59. The van der Waals surface area contributed by atoms with Crippen molar-refractivity contribution < 1.29 is 9.84 Å². The van der Waals surface area contributed by atoms with E-state index < -0.39 is 6.10 Å². The number of aromatic nitrogens is 1. The Morgan fingerprint density at radius 1 is 1.41 bits per heavy atom. The smallest absolute Gasteiger partial charge is 0.128 e. The Balaban J connectivity index is 1.75. The van der Waals surface area contributed by atoms with E-state index in [1.807, 2.05) is 6.07 Å². The molecule has 6 heteroatoms. The maximum absolute atomic E-state index is 9.91. The monoisotopic (exact) mass is 302 g/mol. The molecule has 1 aromatic rings. The van der Waals surface area contributed by atoms with Crippen molar-refractivity contribution >= 4 is 5.82 Å². The van der Waals surface area contributed by atoms with Gasteiger partial charge in [0.25, 0.3) is 0 Å². The lowest BCUT2D eigenvalue weighted by Gasteiger charge is -2.36. The molecule has 22 heavy (non-hydrogen) atoms. The molecule has 1 unspecified atom stereocenters. The topological polar surface area (TPSA) is 72.6 Å². The van der Waals surface area contributed by atoms with Crippen LogP contribution in [0.25, 0.3) is 0 Å². The van der Waals surface area contributed by atoms with Crippen LogP contribution in [-0.2, 0) is 4.74 Å². The third-order valence-corrected chi connectivity index (χ3v) is 3.59. The molecule has 2 heterocycles. The van der Waals surface area contributed by atoms with Gasteiger partial charge in [0.05, 0.1) is 24.9 Å². The van der Waals surface area contributed by atoms with E-state index in [1.54, 1.807) is 18.3 Å². The van der Waals surface area contributed by atoms with E-state index in [2.05, 4.69) is 27.4 Å². The maximum atomic E-state index is 9.91. The number of nitriles is 1. The highest BCUT2D eigenvalue weighted by atomic mass is 16.5. The standard InChI is InChI=1S/C16H22N4O2/c1-2-9-22-13-15(21)12-19-5-7-20(8-6-19)16-4-3-14(10-17)11-18-16/h2-4,11,15,21H,1,5-9,12-13H2. The predicted octanol–water partition coefficient (Wildman–Crippen LogP) is 0.639. The molecule has 1 aromatic heterocycles. The number of aliphatic hydroxyl groups is 1.